The topological polar surface area (TPSA) is 29.5 Å². The number of hydrogen-bond acceptors (Lipinski definition) is 2. The Bertz CT molecular complexity index is 607. The Labute approximate surface area is 138 Å². The molecule has 0 fully saturated rings. The molecule has 0 saturated heterocycles. The molecule has 3 nitrogen and oxygen atoms in total. The number of aryl methyl sites for hydroxylation is 1. The van der Waals surface area contributed by atoms with Gasteiger partial charge < -0.3 is 9.64 Å². The minimum absolute atomic E-state index is 0.0828. The summed E-state index contributed by atoms with van der Waals surface area (Å²) in [6.07, 6.45) is 0.798. The first-order valence-electron chi connectivity index (χ1n) is 8.11. The summed E-state index contributed by atoms with van der Waals surface area (Å²) in [5.41, 5.74) is 2.28. The lowest BCUT2D eigenvalue weighted by Gasteiger charge is -2.23. The molecular weight excluding hydrogens is 286 g/mol. The zero-order valence-electron chi connectivity index (χ0n) is 14.2. The van der Waals surface area contributed by atoms with Gasteiger partial charge in [-0.3, -0.25) is 4.79 Å². The number of benzene rings is 2. The molecule has 0 aliphatic heterocycles. The average molecular weight is 311 g/mol. The Morgan fingerprint density at radius 3 is 2.35 bits per heavy atom. The van der Waals surface area contributed by atoms with E-state index in [1.165, 1.54) is 5.56 Å². The maximum absolute atomic E-state index is 12.6. The number of carbonyl (C=O) groups excluding carboxylic acids is 1. The number of rotatable bonds is 7. The number of carbonyl (C=O) groups is 1. The largest absolute Gasteiger partial charge is 0.492 e. The van der Waals surface area contributed by atoms with Crippen molar-refractivity contribution in [1.29, 1.82) is 0 Å². The SMILES string of the molecule is CCC(C(=O)N(C)CCOc1ccc(C)cc1)c1ccccc1. The van der Waals surface area contributed by atoms with Crippen LogP contribution in [-0.2, 0) is 4.79 Å². The fraction of sp³-hybridized carbons (Fsp3) is 0.350. The van der Waals surface area contributed by atoms with Gasteiger partial charge in [-0.15, -0.1) is 0 Å². The molecular formula is C20H25NO2. The van der Waals surface area contributed by atoms with E-state index >= 15 is 0 Å². The summed E-state index contributed by atoms with van der Waals surface area (Å²) in [4.78, 5) is 14.4. The van der Waals surface area contributed by atoms with Gasteiger partial charge >= 0.3 is 0 Å². The number of nitrogens with zero attached hydrogens (tertiary/aromatic N) is 1. The molecule has 0 radical (unpaired) electrons. The minimum atomic E-state index is -0.0828. The van der Waals surface area contributed by atoms with Crippen molar-refractivity contribution in [3.8, 4) is 5.75 Å². The van der Waals surface area contributed by atoms with Crippen LogP contribution < -0.4 is 4.74 Å². The average Bonchev–Trinajstić information content (AvgIpc) is 2.58. The zero-order valence-corrected chi connectivity index (χ0v) is 14.2. The highest BCUT2D eigenvalue weighted by Crippen LogP contribution is 2.21. The van der Waals surface area contributed by atoms with E-state index in [1.54, 1.807) is 4.90 Å². The van der Waals surface area contributed by atoms with E-state index < -0.39 is 0 Å². The highest BCUT2D eigenvalue weighted by atomic mass is 16.5. The van der Waals surface area contributed by atoms with Crippen LogP contribution in [0, 0.1) is 6.92 Å². The maximum Gasteiger partial charge on any atom is 0.229 e. The minimum Gasteiger partial charge on any atom is -0.492 e. The van der Waals surface area contributed by atoms with E-state index in [4.69, 9.17) is 4.74 Å². The van der Waals surface area contributed by atoms with Gasteiger partial charge in [-0.25, -0.2) is 0 Å². The second-order valence-electron chi connectivity index (χ2n) is 5.79. The van der Waals surface area contributed by atoms with Gasteiger partial charge in [0.2, 0.25) is 5.91 Å². The van der Waals surface area contributed by atoms with Crippen molar-refractivity contribution < 1.29 is 9.53 Å². The van der Waals surface area contributed by atoms with Crippen LogP contribution >= 0.6 is 0 Å². The van der Waals surface area contributed by atoms with Crippen molar-refractivity contribution >= 4 is 5.91 Å². The fourth-order valence-electron chi connectivity index (χ4n) is 2.55. The first-order valence-corrected chi connectivity index (χ1v) is 8.11. The molecule has 1 atom stereocenters. The van der Waals surface area contributed by atoms with Crippen LogP contribution in [0.15, 0.2) is 54.6 Å². The van der Waals surface area contributed by atoms with E-state index in [2.05, 4.69) is 0 Å². The number of hydrogen-bond donors (Lipinski definition) is 0. The summed E-state index contributed by atoms with van der Waals surface area (Å²) in [5, 5.41) is 0. The molecule has 2 aromatic carbocycles. The molecule has 0 aromatic heterocycles. The molecule has 0 aliphatic rings. The standard InChI is InChI=1S/C20H25NO2/c1-4-19(17-8-6-5-7-9-17)20(22)21(3)14-15-23-18-12-10-16(2)11-13-18/h5-13,19H,4,14-15H2,1-3H3. The van der Waals surface area contributed by atoms with Gasteiger partial charge in [0, 0.05) is 7.05 Å². The Hall–Kier alpha value is -2.29. The highest BCUT2D eigenvalue weighted by molar-refractivity contribution is 5.83. The molecule has 3 heteroatoms. The molecule has 0 heterocycles. The van der Waals surface area contributed by atoms with Gasteiger partial charge in [-0.2, -0.15) is 0 Å². The molecule has 1 unspecified atom stereocenters. The summed E-state index contributed by atoms with van der Waals surface area (Å²) in [6.45, 7) is 5.17. The molecule has 0 spiro atoms. The summed E-state index contributed by atoms with van der Waals surface area (Å²) in [7, 11) is 1.84. The normalized spacial score (nSPS) is 11.8. The zero-order chi connectivity index (χ0) is 16.7. The lowest BCUT2D eigenvalue weighted by molar-refractivity contribution is -0.131. The quantitative estimate of drug-likeness (QED) is 0.773. The third-order valence-corrected chi connectivity index (χ3v) is 4.00. The lowest BCUT2D eigenvalue weighted by Crippen LogP contribution is -2.34. The number of likely N-dealkylation sites (N-methyl/N-ethyl adjacent to an activating group) is 1. The van der Waals surface area contributed by atoms with Gasteiger partial charge in [-0.1, -0.05) is 55.0 Å². The predicted molar refractivity (Wildman–Crippen MR) is 93.8 cm³/mol. The summed E-state index contributed by atoms with van der Waals surface area (Å²) >= 11 is 0. The molecule has 122 valence electrons. The van der Waals surface area contributed by atoms with Crippen molar-refractivity contribution in [2.75, 3.05) is 20.2 Å². The summed E-state index contributed by atoms with van der Waals surface area (Å²) < 4.78 is 5.71. The van der Waals surface area contributed by atoms with E-state index in [1.807, 2.05) is 75.5 Å². The summed E-state index contributed by atoms with van der Waals surface area (Å²) in [5.74, 6) is 0.901. The molecule has 0 saturated carbocycles. The predicted octanol–water partition coefficient (Wildman–Crippen LogP) is 4.03. The van der Waals surface area contributed by atoms with Gasteiger partial charge in [0.05, 0.1) is 12.5 Å². The van der Waals surface area contributed by atoms with Crippen LogP contribution in [0.4, 0.5) is 0 Å². The summed E-state index contributed by atoms with van der Waals surface area (Å²) in [6, 6.07) is 17.9. The Kier molecular flexibility index (Phi) is 6.21. The highest BCUT2D eigenvalue weighted by Gasteiger charge is 2.21. The Balaban J connectivity index is 1.87. The van der Waals surface area contributed by atoms with Crippen LogP contribution in [0.2, 0.25) is 0 Å². The smallest absolute Gasteiger partial charge is 0.229 e. The first kappa shape index (κ1) is 17.1. The van der Waals surface area contributed by atoms with E-state index in [0.717, 1.165) is 17.7 Å². The molecule has 2 aromatic rings. The lowest BCUT2D eigenvalue weighted by atomic mass is 9.95. The molecule has 0 aliphatic carbocycles. The monoisotopic (exact) mass is 311 g/mol. The molecule has 2 rings (SSSR count). The number of amides is 1. The van der Waals surface area contributed by atoms with Gasteiger partial charge in [0.1, 0.15) is 12.4 Å². The van der Waals surface area contributed by atoms with E-state index in [-0.39, 0.29) is 11.8 Å². The van der Waals surface area contributed by atoms with Gasteiger partial charge in [-0.05, 0) is 31.0 Å². The van der Waals surface area contributed by atoms with Crippen LogP contribution in [0.3, 0.4) is 0 Å². The molecule has 23 heavy (non-hydrogen) atoms. The van der Waals surface area contributed by atoms with Gasteiger partial charge in [0.15, 0.2) is 0 Å². The van der Waals surface area contributed by atoms with Crippen molar-refractivity contribution in [2.24, 2.45) is 0 Å². The Morgan fingerprint density at radius 2 is 1.74 bits per heavy atom. The van der Waals surface area contributed by atoms with Crippen molar-refractivity contribution in [3.63, 3.8) is 0 Å². The van der Waals surface area contributed by atoms with Crippen LogP contribution in [0.25, 0.3) is 0 Å². The van der Waals surface area contributed by atoms with E-state index in [0.29, 0.717) is 13.2 Å². The fourth-order valence-corrected chi connectivity index (χ4v) is 2.55. The first-order chi connectivity index (χ1) is 11.1. The van der Waals surface area contributed by atoms with Crippen molar-refractivity contribution in [3.05, 3.63) is 65.7 Å². The van der Waals surface area contributed by atoms with Crippen LogP contribution in [-0.4, -0.2) is 31.0 Å². The van der Waals surface area contributed by atoms with Crippen molar-refractivity contribution in [1.82, 2.24) is 4.90 Å². The molecule has 0 bridgehead atoms. The second kappa shape index (κ2) is 8.37. The third kappa shape index (κ3) is 4.85. The molecule has 1 amide bonds. The second-order valence-corrected chi connectivity index (χ2v) is 5.79. The molecule has 0 N–H and O–H groups in total. The number of ether oxygens (including phenoxy) is 1. The van der Waals surface area contributed by atoms with E-state index in [9.17, 15) is 4.79 Å². The van der Waals surface area contributed by atoms with Crippen LogP contribution in [0.5, 0.6) is 5.75 Å². The Morgan fingerprint density at radius 1 is 1.09 bits per heavy atom. The van der Waals surface area contributed by atoms with Gasteiger partial charge in [0.25, 0.3) is 0 Å². The third-order valence-electron chi connectivity index (χ3n) is 4.00. The van der Waals surface area contributed by atoms with Crippen LogP contribution in [0.1, 0.15) is 30.4 Å². The maximum atomic E-state index is 12.6. The van der Waals surface area contributed by atoms with Crippen molar-refractivity contribution in [2.45, 2.75) is 26.2 Å².